The molecule has 0 saturated carbocycles. The van der Waals surface area contributed by atoms with Crippen LogP contribution in [0.5, 0.6) is 0 Å². The zero-order valence-corrected chi connectivity index (χ0v) is 27.3. The highest BCUT2D eigenvalue weighted by Crippen LogP contribution is 2.23. The van der Waals surface area contributed by atoms with Crippen molar-refractivity contribution in [3.05, 3.63) is 48.0 Å². The lowest BCUT2D eigenvalue weighted by Crippen LogP contribution is -2.56. The molecule has 3 rings (SSSR count). The van der Waals surface area contributed by atoms with Gasteiger partial charge in [0.25, 0.3) is 0 Å². The smallest absolute Gasteiger partial charge is 0.243 e. The molecule has 0 spiro atoms. The SMILES string of the molecule is NCCCC[C@H](NC(=O)[C@@H]1CCCN1C(=O)Cc1cccc2ccccc12)C(=O)N[C@@H](CCCN=C(N)N)C(=O)NCCOCC(N)=O. The fraction of sp³-hybridized carbons (Fsp3) is 0.515. The van der Waals surface area contributed by atoms with Crippen LogP contribution in [0.1, 0.15) is 50.5 Å². The van der Waals surface area contributed by atoms with Crippen LogP contribution in [0, 0.1) is 0 Å². The predicted octanol–water partition coefficient (Wildman–Crippen LogP) is -0.856. The molecule has 15 heteroatoms. The Morgan fingerprint density at radius 3 is 2.40 bits per heavy atom. The summed E-state index contributed by atoms with van der Waals surface area (Å²) in [5, 5.41) is 10.3. The molecule has 1 heterocycles. The van der Waals surface area contributed by atoms with Gasteiger partial charge in [0.2, 0.25) is 29.5 Å². The van der Waals surface area contributed by atoms with Crippen molar-refractivity contribution in [2.75, 3.05) is 39.4 Å². The van der Waals surface area contributed by atoms with Gasteiger partial charge in [-0.15, -0.1) is 0 Å². The molecule has 1 aliphatic heterocycles. The minimum absolute atomic E-state index is 0.0399. The molecule has 1 aliphatic rings. The fourth-order valence-corrected chi connectivity index (χ4v) is 5.67. The summed E-state index contributed by atoms with van der Waals surface area (Å²) in [6.07, 6.45) is 3.34. The highest BCUT2D eigenvalue weighted by molar-refractivity contribution is 5.95. The third-order valence-electron chi connectivity index (χ3n) is 8.05. The number of amides is 5. The summed E-state index contributed by atoms with van der Waals surface area (Å²) in [4.78, 5) is 70.2. The second kappa shape index (κ2) is 19.8. The highest BCUT2D eigenvalue weighted by Gasteiger charge is 2.36. The van der Waals surface area contributed by atoms with E-state index in [0.717, 1.165) is 16.3 Å². The molecule has 0 bridgehead atoms. The first-order valence-corrected chi connectivity index (χ1v) is 16.4. The van der Waals surface area contributed by atoms with E-state index in [1.54, 1.807) is 4.90 Å². The molecule has 0 aliphatic carbocycles. The number of primary amides is 1. The fourth-order valence-electron chi connectivity index (χ4n) is 5.67. The van der Waals surface area contributed by atoms with Gasteiger partial charge in [0, 0.05) is 19.6 Å². The number of nitrogens with zero attached hydrogens (tertiary/aromatic N) is 2. The van der Waals surface area contributed by atoms with E-state index in [0.29, 0.717) is 45.2 Å². The van der Waals surface area contributed by atoms with Crippen molar-refractivity contribution >= 4 is 46.3 Å². The topological polar surface area (TPSA) is 250 Å². The first kappa shape index (κ1) is 37.7. The van der Waals surface area contributed by atoms with E-state index in [4.69, 9.17) is 27.7 Å². The van der Waals surface area contributed by atoms with Crippen molar-refractivity contribution in [3.8, 4) is 0 Å². The van der Waals surface area contributed by atoms with E-state index in [9.17, 15) is 24.0 Å². The zero-order valence-electron chi connectivity index (χ0n) is 27.3. The monoisotopic (exact) mass is 667 g/mol. The largest absolute Gasteiger partial charge is 0.370 e. The van der Waals surface area contributed by atoms with Crippen LogP contribution < -0.4 is 38.9 Å². The Bertz CT molecular complexity index is 1430. The summed E-state index contributed by atoms with van der Waals surface area (Å²) in [7, 11) is 0. The number of aliphatic imine (C=N–C) groups is 1. The number of hydrogen-bond acceptors (Lipinski definition) is 8. The molecule has 0 unspecified atom stereocenters. The summed E-state index contributed by atoms with van der Waals surface area (Å²) in [5.74, 6) is -2.34. The Morgan fingerprint density at radius 2 is 1.65 bits per heavy atom. The molecule has 0 radical (unpaired) electrons. The van der Waals surface area contributed by atoms with E-state index in [1.807, 2.05) is 42.5 Å². The molecule has 1 fully saturated rings. The van der Waals surface area contributed by atoms with Gasteiger partial charge in [-0.2, -0.15) is 0 Å². The number of carbonyl (C=O) groups is 5. The van der Waals surface area contributed by atoms with Crippen LogP contribution in [0.3, 0.4) is 0 Å². The molecule has 15 nitrogen and oxygen atoms in total. The first-order chi connectivity index (χ1) is 23.1. The van der Waals surface area contributed by atoms with Crippen LogP contribution in [0.15, 0.2) is 47.5 Å². The van der Waals surface area contributed by atoms with E-state index < -0.39 is 41.8 Å². The van der Waals surface area contributed by atoms with Gasteiger partial charge in [-0.25, -0.2) is 0 Å². The number of carbonyl (C=O) groups excluding carboxylic acids is 5. The van der Waals surface area contributed by atoms with Crippen molar-refractivity contribution < 1.29 is 28.7 Å². The number of hydrogen-bond donors (Lipinski definition) is 7. The van der Waals surface area contributed by atoms with Gasteiger partial charge in [0.05, 0.1) is 13.0 Å². The Balaban J connectivity index is 1.68. The maximum absolute atomic E-state index is 13.6. The van der Waals surface area contributed by atoms with Crippen molar-refractivity contribution in [2.45, 2.75) is 69.5 Å². The van der Waals surface area contributed by atoms with Crippen molar-refractivity contribution in [1.82, 2.24) is 20.9 Å². The molecule has 11 N–H and O–H groups in total. The van der Waals surface area contributed by atoms with Gasteiger partial charge in [0.1, 0.15) is 24.7 Å². The van der Waals surface area contributed by atoms with Crippen molar-refractivity contribution in [1.29, 1.82) is 0 Å². The second-order valence-corrected chi connectivity index (χ2v) is 11.7. The molecule has 48 heavy (non-hydrogen) atoms. The van der Waals surface area contributed by atoms with Gasteiger partial charge in [-0.3, -0.25) is 29.0 Å². The molecule has 2 aromatic rings. The van der Waals surface area contributed by atoms with Gasteiger partial charge in [0.15, 0.2) is 5.96 Å². The minimum atomic E-state index is -0.970. The van der Waals surface area contributed by atoms with Crippen LogP contribution in [0.25, 0.3) is 10.8 Å². The molecular formula is C33H49N9O6. The molecular weight excluding hydrogens is 618 g/mol. The van der Waals surface area contributed by atoms with Crippen LogP contribution in [-0.2, 0) is 35.1 Å². The third kappa shape index (κ3) is 12.1. The average Bonchev–Trinajstić information content (AvgIpc) is 3.56. The maximum Gasteiger partial charge on any atom is 0.243 e. The summed E-state index contributed by atoms with van der Waals surface area (Å²) in [5.41, 5.74) is 22.4. The van der Waals surface area contributed by atoms with Crippen molar-refractivity contribution in [3.63, 3.8) is 0 Å². The quantitative estimate of drug-likeness (QED) is 0.0527. The van der Waals surface area contributed by atoms with E-state index in [-0.39, 0.29) is 57.4 Å². The Morgan fingerprint density at radius 1 is 0.917 bits per heavy atom. The lowest BCUT2D eigenvalue weighted by atomic mass is 10.0. The Hall–Kier alpha value is -4.76. The number of benzene rings is 2. The summed E-state index contributed by atoms with van der Waals surface area (Å²) in [6.45, 7) is 0.921. The van der Waals surface area contributed by atoms with E-state index in [2.05, 4.69) is 20.9 Å². The molecule has 3 atom stereocenters. The van der Waals surface area contributed by atoms with Gasteiger partial charge in [-0.1, -0.05) is 42.5 Å². The molecule has 262 valence electrons. The lowest BCUT2D eigenvalue weighted by molar-refractivity contribution is -0.139. The van der Waals surface area contributed by atoms with Crippen LogP contribution in [0.2, 0.25) is 0 Å². The van der Waals surface area contributed by atoms with Crippen LogP contribution in [0.4, 0.5) is 0 Å². The predicted molar refractivity (Wildman–Crippen MR) is 182 cm³/mol. The van der Waals surface area contributed by atoms with Crippen LogP contribution in [-0.4, -0.2) is 97.9 Å². The molecule has 1 saturated heterocycles. The third-order valence-corrected chi connectivity index (χ3v) is 8.05. The molecule has 0 aromatic heterocycles. The standard InChI is InChI=1S/C33H49N9O6/c34-15-4-3-12-26(31(46)40-25(13-6-16-39-33(36)37)30(45)38-17-19-48-21-28(35)43)41-32(47)27-14-7-18-42(27)29(44)20-23-10-5-9-22-8-1-2-11-24(22)23/h1-2,5,8-11,25-27H,3-4,6-7,12-21,34H2,(H2,35,43)(H,38,45)(H,40,46)(H,41,47)(H4,36,37,39)/t25-,26-,27-/m0/s1. The number of likely N-dealkylation sites (tertiary alicyclic amines) is 1. The van der Waals surface area contributed by atoms with Gasteiger partial charge >= 0.3 is 0 Å². The molecule has 5 amide bonds. The van der Waals surface area contributed by atoms with Gasteiger partial charge < -0.3 is 48.5 Å². The number of ether oxygens (including phenoxy) is 1. The minimum Gasteiger partial charge on any atom is -0.370 e. The van der Waals surface area contributed by atoms with Gasteiger partial charge in [-0.05, 0) is 67.8 Å². The van der Waals surface area contributed by atoms with E-state index >= 15 is 0 Å². The number of fused-ring (bicyclic) bond motifs is 1. The lowest BCUT2D eigenvalue weighted by Gasteiger charge is -2.27. The molecule has 2 aromatic carbocycles. The summed E-state index contributed by atoms with van der Waals surface area (Å²) < 4.78 is 5.09. The number of unbranched alkanes of at least 4 members (excludes halogenated alkanes) is 1. The highest BCUT2D eigenvalue weighted by atomic mass is 16.5. The number of nitrogens with two attached hydrogens (primary N) is 4. The average molecular weight is 668 g/mol. The van der Waals surface area contributed by atoms with E-state index in [1.165, 1.54) is 0 Å². The summed E-state index contributed by atoms with van der Waals surface area (Å²) in [6, 6.07) is 11.0. The number of nitrogens with one attached hydrogen (secondary N) is 3. The second-order valence-electron chi connectivity index (χ2n) is 11.7. The Kier molecular flexibility index (Phi) is 15.5. The first-order valence-electron chi connectivity index (χ1n) is 16.4. The number of rotatable bonds is 20. The zero-order chi connectivity index (χ0) is 34.9. The van der Waals surface area contributed by atoms with Crippen LogP contribution >= 0.6 is 0 Å². The summed E-state index contributed by atoms with van der Waals surface area (Å²) >= 11 is 0. The number of guanidine groups is 1. The normalized spacial score (nSPS) is 15.4. The van der Waals surface area contributed by atoms with Crippen molar-refractivity contribution in [2.24, 2.45) is 27.9 Å². The Labute approximate surface area is 280 Å². The maximum atomic E-state index is 13.6.